The molecule has 2 aromatic rings. The van der Waals surface area contributed by atoms with Gasteiger partial charge in [-0.3, -0.25) is 4.79 Å². The molecule has 4 nitrogen and oxygen atoms in total. The summed E-state index contributed by atoms with van der Waals surface area (Å²) in [5.74, 6) is -0.0316. The van der Waals surface area contributed by atoms with Crippen molar-refractivity contribution in [1.29, 1.82) is 0 Å². The Morgan fingerprint density at radius 1 is 1.19 bits per heavy atom. The van der Waals surface area contributed by atoms with Crippen LogP contribution in [-0.2, 0) is 22.5 Å². The normalized spacial score (nSPS) is 17.2. The van der Waals surface area contributed by atoms with Gasteiger partial charge in [0.1, 0.15) is 5.75 Å². The Morgan fingerprint density at radius 2 is 1.95 bits per heavy atom. The SMILES string of the molecule is CC(=O)OC1Cc2ccc(O)cc2CN1c1ccccc1. The smallest absolute Gasteiger partial charge is 0.304 e. The molecule has 0 amide bonds. The first kappa shape index (κ1) is 13.5. The molecule has 0 bridgehead atoms. The van der Waals surface area contributed by atoms with Gasteiger partial charge in [-0.2, -0.15) is 0 Å². The van der Waals surface area contributed by atoms with Crippen LogP contribution in [0, 0.1) is 0 Å². The number of anilines is 1. The van der Waals surface area contributed by atoms with E-state index < -0.39 is 0 Å². The van der Waals surface area contributed by atoms with Crippen LogP contribution in [0.4, 0.5) is 5.69 Å². The van der Waals surface area contributed by atoms with Gasteiger partial charge >= 0.3 is 5.97 Å². The first-order chi connectivity index (χ1) is 10.1. The minimum absolute atomic E-state index is 0.257. The highest BCUT2D eigenvalue weighted by molar-refractivity contribution is 5.67. The molecule has 1 N–H and O–H groups in total. The lowest BCUT2D eigenvalue weighted by Gasteiger charge is -2.37. The van der Waals surface area contributed by atoms with Gasteiger partial charge in [0.05, 0.1) is 0 Å². The number of ether oxygens (including phenoxy) is 1. The summed E-state index contributed by atoms with van der Waals surface area (Å²) in [5, 5.41) is 9.65. The second kappa shape index (κ2) is 5.48. The number of aromatic hydroxyl groups is 1. The Bertz CT molecular complexity index is 654. The molecule has 0 fully saturated rings. The van der Waals surface area contributed by atoms with E-state index in [1.54, 1.807) is 12.1 Å². The van der Waals surface area contributed by atoms with E-state index in [2.05, 4.69) is 0 Å². The Labute approximate surface area is 123 Å². The van der Waals surface area contributed by atoms with Gasteiger partial charge in [-0.15, -0.1) is 0 Å². The van der Waals surface area contributed by atoms with Crippen LogP contribution in [0.25, 0.3) is 0 Å². The van der Waals surface area contributed by atoms with Crippen LogP contribution in [0.1, 0.15) is 18.1 Å². The van der Waals surface area contributed by atoms with Crippen molar-refractivity contribution in [3.63, 3.8) is 0 Å². The maximum atomic E-state index is 11.4. The van der Waals surface area contributed by atoms with Crippen LogP contribution >= 0.6 is 0 Å². The van der Waals surface area contributed by atoms with Crippen LogP contribution in [0.15, 0.2) is 48.5 Å². The Kier molecular flexibility index (Phi) is 3.52. The molecule has 1 aliphatic rings. The summed E-state index contributed by atoms with van der Waals surface area (Å²) in [6.45, 7) is 2.03. The zero-order valence-corrected chi connectivity index (χ0v) is 11.8. The molecular formula is C17H17NO3. The molecular weight excluding hydrogens is 266 g/mol. The summed E-state index contributed by atoms with van der Waals surface area (Å²) in [6, 6.07) is 15.2. The van der Waals surface area contributed by atoms with Crippen LogP contribution in [-0.4, -0.2) is 17.3 Å². The van der Waals surface area contributed by atoms with E-state index in [9.17, 15) is 9.90 Å². The maximum absolute atomic E-state index is 11.4. The topological polar surface area (TPSA) is 49.8 Å². The molecule has 4 heteroatoms. The van der Waals surface area contributed by atoms with Crippen molar-refractivity contribution in [3.05, 3.63) is 59.7 Å². The monoisotopic (exact) mass is 283 g/mol. The summed E-state index contributed by atoms with van der Waals surface area (Å²) in [7, 11) is 0. The van der Waals surface area contributed by atoms with E-state index in [0.29, 0.717) is 13.0 Å². The summed E-state index contributed by atoms with van der Waals surface area (Å²) >= 11 is 0. The van der Waals surface area contributed by atoms with Crippen LogP contribution in [0.5, 0.6) is 5.75 Å². The number of phenolic OH excluding ortho intramolecular Hbond substituents is 1. The van der Waals surface area contributed by atoms with E-state index in [-0.39, 0.29) is 17.9 Å². The Hall–Kier alpha value is -2.49. The first-order valence-electron chi connectivity index (χ1n) is 6.93. The van der Waals surface area contributed by atoms with Crippen LogP contribution < -0.4 is 4.90 Å². The van der Waals surface area contributed by atoms with Gasteiger partial charge in [0.2, 0.25) is 0 Å². The fourth-order valence-electron chi connectivity index (χ4n) is 2.72. The average molecular weight is 283 g/mol. The van der Waals surface area contributed by atoms with Crippen molar-refractivity contribution < 1.29 is 14.6 Å². The first-order valence-corrected chi connectivity index (χ1v) is 6.93. The van der Waals surface area contributed by atoms with Gasteiger partial charge < -0.3 is 14.7 Å². The molecule has 108 valence electrons. The summed E-state index contributed by atoms with van der Waals surface area (Å²) in [4.78, 5) is 13.4. The fraction of sp³-hybridized carbons (Fsp3) is 0.235. The van der Waals surface area contributed by atoms with Gasteiger partial charge in [0.25, 0.3) is 0 Å². The molecule has 0 aliphatic carbocycles. The van der Waals surface area contributed by atoms with E-state index in [0.717, 1.165) is 16.8 Å². The van der Waals surface area contributed by atoms with E-state index in [1.165, 1.54) is 6.92 Å². The molecule has 1 atom stereocenters. The standard InChI is InChI=1S/C17H17NO3/c1-12(19)21-17-10-13-7-8-16(20)9-14(13)11-18(17)15-5-3-2-4-6-15/h2-9,17,20H,10-11H2,1H3. The van der Waals surface area contributed by atoms with Crippen molar-refractivity contribution in [2.24, 2.45) is 0 Å². The number of esters is 1. The molecule has 1 unspecified atom stereocenters. The molecule has 0 spiro atoms. The van der Waals surface area contributed by atoms with E-state index >= 15 is 0 Å². The van der Waals surface area contributed by atoms with E-state index in [4.69, 9.17) is 4.74 Å². The minimum Gasteiger partial charge on any atom is -0.508 e. The fourth-order valence-corrected chi connectivity index (χ4v) is 2.72. The summed E-state index contributed by atoms with van der Waals surface area (Å²) in [5.41, 5.74) is 3.16. The number of nitrogens with zero attached hydrogens (tertiary/aromatic N) is 1. The van der Waals surface area contributed by atoms with Crippen molar-refractivity contribution >= 4 is 11.7 Å². The lowest BCUT2D eigenvalue weighted by Crippen LogP contribution is -2.43. The van der Waals surface area contributed by atoms with Crippen LogP contribution in [0.3, 0.4) is 0 Å². The summed E-state index contributed by atoms with van der Waals surface area (Å²) in [6.07, 6.45) is 0.298. The molecule has 0 radical (unpaired) electrons. The number of benzene rings is 2. The van der Waals surface area contributed by atoms with Gasteiger partial charge in [-0.25, -0.2) is 0 Å². The highest BCUT2D eigenvalue weighted by atomic mass is 16.6. The number of para-hydroxylation sites is 1. The van der Waals surface area contributed by atoms with Crippen molar-refractivity contribution in [1.82, 2.24) is 0 Å². The van der Waals surface area contributed by atoms with Crippen molar-refractivity contribution in [3.8, 4) is 5.75 Å². The van der Waals surface area contributed by atoms with Crippen molar-refractivity contribution in [2.45, 2.75) is 26.1 Å². The third kappa shape index (κ3) is 2.84. The highest BCUT2D eigenvalue weighted by Crippen LogP contribution is 2.30. The molecule has 2 aromatic carbocycles. The zero-order valence-electron chi connectivity index (χ0n) is 11.8. The van der Waals surface area contributed by atoms with Gasteiger partial charge in [0, 0.05) is 25.6 Å². The third-order valence-corrected chi connectivity index (χ3v) is 3.66. The largest absolute Gasteiger partial charge is 0.508 e. The molecule has 3 rings (SSSR count). The van der Waals surface area contributed by atoms with E-state index in [1.807, 2.05) is 41.3 Å². The number of carbonyl (C=O) groups excluding carboxylic acids is 1. The third-order valence-electron chi connectivity index (χ3n) is 3.66. The number of hydrogen-bond acceptors (Lipinski definition) is 4. The molecule has 1 heterocycles. The molecule has 0 saturated carbocycles. The number of rotatable bonds is 2. The molecule has 1 aliphatic heterocycles. The van der Waals surface area contributed by atoms with Crippen LogP contribution in [0.2, 0.25) is 0 Å². The lowest BCUT2D eigenvalue weighted by atomic mass is 9.97. The number of phenols is 1. The lowest BCUT2D eigenvalue weighted by molar-refractivity contribution is -0.146. The van der Waals surface area contributed by atoms with Gasteiger partial charge in [0.15, 0.2) is 6.23 Å². The second-order valence-corrected chi connectivity index (χ2v) is 5.18. The number of fused-ring (bicyclic) bond motifs is 1. The van der Waals surface area contributed by atoms with Gasteiger partial charge in [-0.05, 0) is 35.4 Å². The quantitative estimate of drug-likeness (QED) is 0.861. The zero-order chi connectivity index (χ0) is 14.8. The Balaban J connectivity index is 1.97. The minimum atomic E-state index is -0.318. The number of hydrogen-bond donors (Lipinski definition) is 1. The predicted molar refractivity (Wildman–Crippen MR) is 80.0 cm³/mol. The molecule has 0 aromatic heterocycles. The van der Waals surface area contributed by atoms with Crippen molar-refractivity contribution in [2.75, 3.05) is 4.90 Å². The average Bonchev–Trinajstić information content (AvgIpc) is 2.47. The molecule has 21 heavy (non-hydrogen) atoms. The number of carbonyl (C=O) groups is 1. The predicted octanol–water partition coefficient (Wildman–Crippen LogP) is 2.84. The highest BCUT2D eigenvalue weighted by Gasteiger charge is 2.28. The maximum Gasteiger partial charge on any atom is 0.304 e. The molecule has 0 saturated heterocycles. The summed E-state index contributed by atoms with van der Waals surface area (Å²) < 4.78 is 5.47. The Morgan fingerprint density at radius 3 is 2.67 bits per heavy atom. The van der Waals surface area contributed by atoms with Gasteiger partial charge in [-0.1, -0.05) is 24.3 Å². The second-order valence-electron chi connectivity index (χ2n) is 5.18.